The van der Waals surface area contributed by atoms with Crippen LogP contribution in [0.3, 0.4) is 0 Å². The van der Waals surface area contributed by atoms with Crippen LogP contribution in [0.1, 0.15) is 29.6 Å². The number of carbonyl (C=O) groups is 2. The van der Waals surface area contributed by atoms with E-state index in [1.54, 1.807) is 6.20 Å². The van der Waals surface area contributed by atoms with Crippen molar-refractivity contribution in [3.8, 4) is 0 Å². The molecule has 2 fully saturated rings. The minimum Gasteiger partial charge on any atom is -0.481 e. The third kappa shape index (κ3) is 2.36. The van der Waals surface area contributed by atoms with Crippen molar-refractivity contribution >= 4 is 22.8 Å². The molecule has 2 aromatic rings. The van der Waals surface area contributed by atoms with Crippen LogP contribution in [0.25, 0.3) is 10.9 Å². The van der Waals surface area contributed by atoms with Gasteiger partial charge in [-0.3, -0.25) is 14.6 Å². The molecule has 2 aliphatic rings. The van der Waals surface area contributed by atoms with Crippen LogP contribution in [0.2, 0.25) is 0 Å². The summed E-state index contributed by atoms with van der Waals surface area (Å²) in [5, 5.41) is 10.1. The second-order valence-corrected chi connectivity index (χ2v) is 6.66. The Balaban J connectivity index is 1.48. The average molecular weight is 310 g/mol. The monoisotopic (exact) mass is 310 g/mol. The molecule has 118 valence electrons. The van der Waals surface area contributed by atoms with Crippen molar-refractivity contribution in [1.82, 2.24) is 9.88 Å². The number of hydrogen-bond acceptors (Lipinski definition) is 3. The molecule has 0 bridgehead atoms. The lowest BCUT2D eigenvalue weighted by Gasteiger charge is -2.32. The topological polar surface area (TPSA) is 70.5 Å². The van der Waals surface area contributed by atoms with Crippen LogP contribution in [-0.2, 0) is 4.79 Å². The third-order valence-corrected chi connectivity index (χ3v) is 5.38. The molecule has 5 nitrogen and oxygen atoms in total. The van der Waals surface area contributed by atoms with E-state index in [0.717, 1.165) is 30.2 Å². The van der Waals surface area contributed by atoms with Crippen LogP contribution in [0.5, 0.6) is 0 Å². The van der Waals surface area contributed by atoms with E-state index >= 15 is 0 Å². The number of pyridine rings is 1. The van der Waals surface area contributed by atoms with Crippen molar-refractivity contribution in [3.63, 3.8) is 0 Å². The van der Waals surface area contributed by atoms with Gasteiger partial charge in [0.25, 0.3) is 5.91 Å². The molecule has 1 unspecified atom stereocenters. The van der Waals surface area contributed by atoms with Crippen molar-refractivity contribution in [1.29, 1.82) is 0 Å². The number of carboxylic acids is 1. The van der Waals surface area contributed by atoms with Gasteiger partial charge in [0.2, 0.25) is 0 Å². The van der Waals surface area contributed by atoms with Crippen molar-refractivity contribution < 1.29 is 14.7 Å². The summed E-state index contributed by atoms with van der Waals surface area (Å²) in [5.74, 6) is -0.864. The van der Waals surface area contributed by atoms with Gasteiger partial charge in [-0.15, -0.1) is 0 Å². The highest BCUT2D eigenvalue weighted by Crippen LogP contribution is 2.59. The number of likely N-dealkylation sites (tertiary alicyclic amines) is 1. The highest BCUT2D eigenvalue weighted by atomic mass is 16.4. The molecule has 1 saturated heterocycles. The van der Waals surface area contributed by atoms with Gasteiger partial charge in [0, 0.05) is 30.2 Å². The zero-order chi connectivity index (χ0) is 16.0. The zero-order valence-electron chi connectivity index (χ0n) is 12.7. The average Bonchev–Trinajstić information content (AvgIpc) is 3.28. The molecule has 1 amide bonds. The molecule has 0 radical (unpaired) electrons. The van der Waals surface area contributed by atoms with Gasteiger partial charge >= 0.3 is 5.97 Å². The molecule has 23 heavy (non-hydrogen) atoms. The van der Waals surface area contributed by atoms with E-state index in [4.69, 9.17) is 5.11 Å². The van der Waals surface area contributed by atoms with Gasteiger partial charge in [-0.05, 0) is 48.9 Å². The number of benzene rings is 1. The van der Waals surface area contributed by atoms with Crippen LogP contribution in [0, 0.1) is 11.3 Å². The largest absolute Gasteiger partial charge is 0.481 e. The van der Waals surface area contributed by atoms with Gasteiger partial charge in [0.05, 0.1) is 11.4 Å². The van der Waals surface area contributed by atoms with Crippen LogP contribution in [-0.4, -0.2) is 40.0 Å². The first-order chi connectivity index (χ1) is 11.1. The molecule has 1 atom stereocenters. The summed E-state index contributed by atoms with van der Waals surface area (Å²) in [6.07, 6.45) is 4.10. The standard InChI is InChI=1S/C18H18N2O3/c21-16(13-3-4-15-12(10-13)2-1-7-19-15)20-8-5-18(6-9-20)11-14(18)17(22)23/h1-4,7,10,14H,5-6,8-9,11H2,(H,22,23). The summed E-state index contributed by atoms with van der Waals surface area (Å²) < 4.78 is 0. The maximum Gasteiger partial charge on any atom is 0.307 e. The van der Waals surface area contributed by atoms with Gasteiger partial charge in [-0.25, -0.2) is 0 Å². The van der Waals surface area contributed by atoms with Gasteiger partial charge in [-0.2, -0.15) is 0 Å². The lowest BCUT2D eigenvalue weighted by Crippen LogP contribution is -2.40. The van der Waals surface area contributed by atoms with E-state index in [2.05, 4.69) is 4.98 Å². The smallest absolute Gasteiger partial charge is 0.307 e. The summed E-state index contributed by atoms with van der Waals surface area (Å²) in [7, 11) is 0. The van der Waals surface area contributed by atoms with Crippen molar-refractivity contribution in [2.75, 3.05) is 13.1 Å². The summed E-state index contributed by atoms with van der Waals surface area (Å²) in [6.45, 7) is 1.29. The normalized spacial score (nSPS) is 22.3. The number of fused-ring (bicyclic) bond motifs is 1. The predicted molar refractivity (Wildman–Crippen MR) is 85.1 cm³/mol. The van der Waals surface area contributed by atoms with Crippen LogP contribution in [0.4, 0.5) is 0 Å². The van der Waals surface area contributed by atoms with Gasteiger partial charge in [-0.1, -0.05) is 6.07 Å². The molecule has 1 aliphatic carbocycles. The quantitative estimate of drug-likeness (QED) is 0.925. The number of hydrogen-bond donors (Lipinski definition) is 1. The minimum atomic E-state index is -0.688. The Bertz CT molecular complexity index is 794. The molecule has 4 rings (SSSR count). The summed E-state index contributed by atoms with van der Waals surface area (Å²) in [6, 6.07) is 9.38. The molecule has 1 aliphatic heterocycles. The Labute approximate surface area is 133 Å². The summed E-state index contributed by atoms with van der Waals surface area (Å²) in [5.41, 5.74) is 1.51. The Kier molecular flexibility index (Phi) is 3.11. The van der Waals surface area contributed by atoms with E-state index < -0.39 is 5.97 Å². The first kappa shape index (κ1) is 14.2. The molecule has 5 heteroatoms. The van der Waals surface area contributed by atoms with E-state index in [1.165, 1.54) is 0 Å². The van der Waals surface area contributed by atoms with Gasteiger partial charge in [0.1, 0.15) is 0 Å². The fraction of sp³-hybridized carbons (Fsp3) is 0.389. The van der Waals surface area contributed by atoms with Crippen molar-refractivity contribution in [2.24, 2.45) is 11.3 Å². The number of carboxylic acid groups (broad SMARTS) is 1. The Morgan fingerprint density at radius 2 is 2.00 bits per heavy atom. The lowest BCUT2D eigenvalue weighted by molar-refractivity contribution is -0.139. The van der Waals surface area contributed by atoms with Gasteiger partial charge in [0.15, 0.2) is 0 Å². The number of piperidine rings is 1. The second-order valence-electron chi connectivity index (χ2n) is 6.66. The van der Waals surface area contributed by atoms with Crippen LogP contribution >= 0.6 is 0 Å². The highest BCUT2D eigenvalue weighted by molar-refractivity contribution is 5.98. The van der Waals surface area contributed by atoms with Crippen molar-refractivity contribution in [3.05, 3.63) is 42.1 Å². The number of nitrogens with zero attached hydrogens (tertiary/aromatic N) is 2. The number of amides is 1. The van der Waals surface area contributed by atoms with E-state index in [-0.39, 0.29) is 17.2 Å². The molecular formula is C18H18N2O3. The fourth-order valence-corrected chi connectivity index (χ4v) is 3.80. The second kappa shape index (κ2) is 5.05. The van der Waals surface area contributed by atoms with E-state index in [0.29, 0.717) is 18.7 Å². The number of rotatable bonds is 2. The zero-order valence-corrected chi connectivity index (χ0v) is 12.7. The Morgan fingerprint density at radius 3 is 2.70 bits per heavy atom. The molecular weight excluding hydrogens is 292 g/mol. The number of carbonyl (C=O) groups excluding carboxylic acids is 1. The predicted octanol–water partition coefficient (Wildman–Crippen LogP) is 2.56. The Morgan fingerprint density at radius 1 is 1.22 bits per heavy atom. The maximum atomic E-state index is 12.7. The highest BCUT2D eigenvalue weighted by Gasteiger charge is 2.59. The molecule has 1 aromatic heterocycles. The van der Waals surface area contributed by atoms with Crippen LogP contribution < -0.4 is 0 Å². The molecule has 2 heterocycles. The maximum absolute atomic E-state index is 12.7. The Hall–Kier alpha value is -2.43. The summed E-state index contributed by atoms with van der Waals surface area (Å²) in [4.78, 5) is 29.9. The van der Waals surface area contributed by atoms with E-state index in [1.807, 2.05) is 35.2 Å². The number of aromatic nitrogens is 1. The minimum absolute atomic E-state index is 0.0260. The van der Waals surface area contributed by atoms with Crippen molar-refractivity contribution in [2.45, 2.75) is 19.3 Å². The SMILES string of the molecule is O=C(O)C1CC12CCN(C(=O)c1ccc3ncccc3c1)CC2. The first-order valence-corrected chi connectivity index (χ1v) is 7.96. The summed E-state index contributed by atoms with van der Waals surface area (Å²) >= 11 is 0. The molecule has 1 N–H and O–H groups in total. The molecule has 1 aromatic carbocycles. The van der Waals surface area contributed by atoms with E-state index in [9.17, 15) is 9.59 Å². The van der Waals surface area contributed by atoms with Gasteiger partial charge < -0.3 is 10.0 Å². The third-order valence-electron chi connectivity index (χ3n) is 5.38. The molecule has 1 saturated carbocycles. The van der Waals surface area contributed by atoms with Crippen LogP contribution in [0.15, 0.2) is 36.5 Å². The first-order valence-electron chi connectivity index (χ1n) is 7.96. The lowest BCUT2D eigenvalue weighted by atomic mass is 9.90. The number of aliphatic carboxylic acids is 1. The molecule has 1 spiro atoms. The fourth-order valence-electron chi connectivity index (χ4n) is 3.80.